The summed E-state index contributed by atoms with van der Waals surface area (Å²) in [4.78, 5) is 50.9. The van der Waals surface area contributed by atoms with Crippen LogP contribution in [-0.4, -0.2) is 54.8 Å². The van der Waals surface area contributed by atoms with Crippen molar-refractivity contribution in [2.45, 2.75) is 0 Å². The number of nitrogens with zero attached hydrogens (tertiary/aromatic N) is 11. The van der Waals surface area contributed by atoms with Crippen LogP contribution in [0.1, 0.15) is 0 Å². The Hall–Kier alpha value is -15.2. The summed E-state index contributed by atoms with van der Waals surface area (Å²) < 4.78 is 9.53. The van der Waals surface area contributed by atoms with E-state index in [0.717, 1.165) is 180 Å². The monoisotopic (exact) mass is 1840 g/mol. The molecule has 620 valence electrons. The van der Waals surface area contributed by atoms with Crippen LogP contribution < -0.4 is 0 Å². The molecule has 0 aliphatic heterocycles. The third kappa shape index (κ3) is 15.9. The Morgan fingerprint density at radius 3 is 1.38 bits per heavy atom. The number of pyridine rings is 1. The lowest BCUT2D eigenvalue weighted by Gasteiger charge is -2.14. The van der Waals surface area contributed by atoms with Gasteiger partial charge in [-0.15, -0.1) is 11.3 Å². The van der Waals surface area contributed by atoms with Gasteiger partial charge in [-0.25, -0.2) is 49.8 Å². The zero-order valence-electron chi connectivity index (χ0n) is 69.2. The highest BCUT2D eigenvalue weighted by molar-refractivity contribution is 9.10. The van der Waals surface area contributed by atoms with Crippen LogP contribution in [0, 0.1) is 0 Å². The maximum atomic E-state index is 6.52. The highest BCUT2D eigenvalue weighted by Gasteiger charge is 2.22. The molecule has 0 atom stereocenters. The Bertz CT molecular complexity index is 8970. The third-order valence-corrected chi connectivity index (χ3v) is 26.1. The smallest absolute Gasteiger partial charge is 0.223 e. The standard InChI is InChI=1S/C28H17ClN2.C24H13ClN2O.C21H12ClN3.C20H13BrN2.C20H11ClN2S/c29-28-30-26(20-12-8-11-19(17-20)18-9-2-1-3-10-18)25-23-15-6-4-13-21(23)22-14-5-7-16-24(22)27(25)31-28;25-23-19-11-14-5-1-2-6-15(14)12-20(19)26-24(27-23)16-9-10-18-17-7-3-4-8-21(17)28-22(18)13-16;22-21-24-19(13-6-5-11-23-12-13)18-16-9-3-1-7-14(16)15-8-2-4-10-17(15)20(18)25-21;21-16-12-10-14(11-13-16)19-17-8-4-5-9-18(17)22-20(23-19)15-6-2-1-3-7-15;21-19-14-7-1-3-10-16(14)22-20(23-19)15-9-5-8-13-12-6-2-4-11-17(12)24-18(13)15/h1-17H;1-13H;1-12H;1-13H;1-11H. The van der Waals surface area contributed by atoms with Gasteiger partial charge in [0.05, 0.1) is 44.7 Å². The normalized spacial score (nSPS) is 11.4. The maximum Gasteiger partial charge on any atom is 0.223 e. The molecule has 0 aliphatic carbocycles. The number of furan rings is 1. The summed E-state index contributed by atoms with van der Waals surface area (Å²) in [5, 5.41) is 22.3. The number of fused-ring (bicyclic) bond motifs is 22. The van der Waals surface area contributed by atoms with Crippen molar-refractivity contribution < 1.29 is 4.42 Å². The molecule has 0 saturated heterocycles. The SMILES string of the molecule is Brc1ccc(-c2nc(-c3ccccc3)nc3ccccc23)cc1.Clc1nc(-c2ccc3c(c2)oc2ccccc23)nc2cc3ccccc3cc12.Clc1nc(-c2cccc(-c3ccccc3)c2)c2c3ccccc3c3ccccc3c2n1.Clc1nc(-c2cccc3c2sc2ccccc23)nc2ccccc12.Clc1nc(-c2cccnc2)c2c3ccccc3c3ccccc3c2n1. The van der Waals surface area contributed by atoms with Gasteiger partial charge in [0.2, 0.25) is 10.6 Å². The molecular weight excluding hydrogens is 1780 g/mol. The fourth-order valence-electron chi connectivity index (χ4n) is 17.4. The highest BCUT2D eigenvalue weighted by atomic mass is 79.9. The minimum Gasteiger partial charge on any atom is -0.456 e. The minimum atomic E-state index is 0.242. The van der Waals surface area contributed by atoms with Gasteiger partial charge < -0.3 is 4.42 Å². The Balaban J connectivity index is 0.0000000962. The summed E-state index contributed by atoms with van der Waals surface area (Å²) in [7, 11) is 0. The van der Waals surface area contributed by atoms with Crippen molar-refractivity contribution in [3.8, 4) is 79.1 Å². The van der Waals surface area contributed by atoms with Gasteiger partial charge in [0.1, 0.15) is 21.5 Å². The van der Waals surface area contributed by atoms with Crippen molar-refractivity contribution in [2.75, 3.05) is 0 Å². The molecule has 26 rings (SSSR count). The molecule has 8 aromatic heterocycles. The number of hydrogen-bond donors (Lipinski definition) is 0. The molecule has 131 heavy (non-hydrogen) atoms. The molecule has 0 fully saturated rings. The molecule has 0 aliphatic rings. The average molecular weight is 1850 g/mol. The molecule has 26 aromatic rings. The van der Waals surface area contributed by atoms with E-state index in [1.165, 1.54) is 41.9 Å². The summed E-state index contributed by atoms with van der Waals surface area (Å²) in [6, 6.07) is 132. The highest BCUT2D eigenvalue weighted by Crippen LogP contribution is 2.45. The molecule has 0 spiro atoms. The van der Waals surface area contributed by atoms with Gasteiger partial charge in [-0.3, -0.25) is 4.98 Å². The van der Waals surface area contributed by atoms with E-state index >= 15 is 0 Å². The van der Waals surface area contributed by atoms with Crippen LogP contribution in [0.3, 0.4) is 0 Å². The molecule has 0 unspecified atom stereocenters. The molecule has 12 nitrogen and oxygen atoms in total. The van der Waals surface area contributed by atoms with Crippen LogP contribution in [0.15, 0.2) is 410 Å². The molecule has 18 aromatic carbocycles. The topological polar surface area (TPSA) is 155 Å². The van der Waals surface area contributed by atoms with Gasteiger partial charge in [0.15, 0.2) is 17.5 Å². The lowest BCUT2D eigenvalue weighted by Crippen LogP contribution is -1.94. The van der Waals surface area contributed by atoms with Crippen molar-refractivity contribution in [2.24, 2.45) is 0 Å². The largest absolute Gasteiger partial charge is 0.456 e. The summed E-state index contributed by atoms with van der Waals surface area (Å²) in [5.41, 5.74) is 17.0. The fraction of sp³-hybridized carbons (Fsp3) is 0. The summed E-state index contributed by atoms with van der Waals surface area (Å²) in [5.74, 6) is 2.02. The molecule has 0 saturated carbocycles. The predicted molar refractivity (Wildman–Crippen MR) is 549 cm³/mol. The van der Waals surface area contributed by atoms with Crippen LogP contribution in [0.5, 0.6) is 0 Å². The summed E-state index contributed by atoms with van der Waals surface area (Å²) in [6.07, 6.45) is 3.56. The molecule has 0 bridgehead atoms. The molecule has 8 heterocycles. The zero-order chi connectivity index (χ0) is 88.0. The summed E-state index contributed by atoms with van der Waals surface area (Å²) >= 11 is 30.9. The first-order valence-electron chi connectivity index (χ1n) is 42.3. The number of hydrogen-bond acceptors (Lipinski definition) is 13. The number of aromatic nitrogens is 11. The average Bonchev–Trinajstić information content (AvgIpc) is 1.48. The number of para-hydroxylation sites is 3. The van der Waals surface area contributed by atoms with E-state index in [9.17, 15) is 0 Å². The van der Waals surface area contributed by atoms with Crippen LogP contribution in [0.4, 0.5) is 0 Å². The van der Waals surface area contributed by atoms with E-state index in [1.807, 2.05) is 182 Å². The van der Waals surface area contributed by atoms with Crippen LogP contribution in [0.25, 0.3) is 230 Å². The number of rotatable bonds is 7. The van der Waals surface area contributed by atoms with E-state index < -0.39 is 0 Å². The van der Waals surface area contributed by atoms with Gasteiger partial charge >= 0.3 is 0 Å². The molecule has 0 N–H and O–H groups in total. The van der Waals surface area contributed by atoms with Crippen LogP contribution >= 0.6 is 73.7 Å². The Morgan fingerprint density at radius 2 is 0.718 bits per heavy atom. The molecule has 0 amide bonds. The third-order valence-electron chi connectivity index (χ3n) is 23.4. The second-order valence-corrected chi connectivity index (χ2v) is 34.6. The Kier molecular flexibility index (Phi) is 22.0. The quantitative estimate of drug-likeness (QED) is 0.0645. The number of thiophene rings is 1. The van der Waals surface area contributed by atoms with Gasteiger partial charge in [0, 0.05) is 119 Å². The molecular formula is C113H66BrCl4N11OS. The Morgan fingerprint density at radius 1 is 0.252 bits per heavy atom. The second kappa shape index (κ2) is 35.4. The van der Waals surface area contributed by atoms with Crippen LogP contribution in [-0.2, 0) is 0 Å². The number of halogens is 5. The lowest BCUT2D eigenvalue weighted by molar-refractivity contribution is 0.669. The van der Waals surface area contributed by atoms with Gasteiger partial charge in [-0.05, 0) is 168 Å². The van der Waals surface area contributed by atoms with E-state index in [4.69, 9.17) is 75.7 Å². The molecule has 18 heteroatoms. The minimum absolute atomic E-state index is 0.242. The van der Waals surface area contributed by atoms with E-state index in [1.54, 1.807) is 17.5 Å². The van der Waals surface area contributed by atoms with Gasteiger partial charge in [0.25, 0.3) is 0 Å². The van der Waals surface area contributed by atoms with Gasteiger partial charge in [-0.2, -0.15) is 0 Å². The predicted octanol–water partition coefficient (Wildman–Crippen LogP) is 32.6. The van der Waals surface area contributed by atoms with Crippen molar-refractivity contribution in [1.82, 2.24) is 54.8 Å². The van der Waals surface area contributed by atoms with E-state index in [0.29, 0.717) is 22.0 Å². The van der Waals surface area contributed by atoms with Crippen molar-refractivity contribution in [1.29, 1.82) is 0 Å². The number of benzene rings is 18. The first-order chi connectivity index (χ1) is 64.5. The van der Waals surface area contributed by atoms with Crippen molar-refractivity contribution in [3.05, 3.63) is 426 Å². The second-order valence-electron chi connectivity index (χ2n) is 31.3. The van der Waals surface area contributed by atoms with E-state index in [2.05, 4.69) is 258 Å². The van der Waals surface area contributed by atoms with Crippen molar-refractivity contribution >= 4 is 224 Å². The van der Waals surface area contributed by atoms with E-state index in [-0.39, 0.29) is 10.6 Å². The first kappa shape index (κ1) is 81.5. The fourth-order valence-corrected chi connectivity index (χ4v) is 19.6. The maximum absolute atomic E-state index is 6.52. The van der Waals surface area contributed by atoms with Crippen LogP contribution in [0.2, 0.25) is 20.9 Å². The molecule has 0 radical (unpaired) electrons. The Labute approximate surface area is 782 Å². The first-order valence-corrected chi connectivity index (χ1v) is 45.4. The zero-order valence-corrected chi connectivity index (χ0v) is 74.7. The lowest BCUT2D eigenvalue weighted by atomic mass is 9.93. The van der Waals surface area contributed by atoms with Gasteiger partial charge in [-0.1, -0.05) is 336 Å². The van der Waals surface area contributed by atoms with Crippen molar-refractivity contribution in [3.63, 3.8) is 0 Å². The summed E-state index contributed by atoms with van der Waals surface area (Å²) in [6.45, 7) is 0.